The number of alkyl halides is 3. The first kappa shape index (κ1) is 16.5. The van der Waals surface area contributed by atoms with Crippen LogP contribution in [0.3, 0.4) is 0 Å². The highest BCUT2D eigenvalue weighted by atomic mass is 32.1. The number of thiophene rings is 1. The van der Waals surface area contributed by atoms with Crippen LogP contribution in [0.4, 0.5) is 13.2 Å². The Morgan fingerprint density at radius 2 is 1.69 bits per heavy atom. The summed E-state index contributed by atoms with van der Waals surface area (Å²) in [5.41, 5.74) is 0.260. The molecule has 2 aromatic carbocycles. The van der Waals surface area contributed by atoms with Crippen molar-refractivity contribution in [3.05, 3.63) is 72.6 Å². The molecule has 0 aliphatic heterocycles. The van der Waals surface area contributed by atoms with Crippen molar-refractivity contribution in [1.29, 1.82) is 0 Å². The van der Waals surface area contributed by atoms with Crippen molar-refractivity contribution in [3.8, 4) is 22.1 Å². The third-order valence-electron chi connectivity index (χ3n) is 3.73. The number of ether oxygens (including phenoxy) is 1. The van der Waals surface area contributed by atoms with Gasteiger partial charge in [0.15, 0.2) is 0 Å². The van der Waals surface area contributed by atoms with Crippen molar-refractivity contribution in [2.24, 2.45) is 0 Å². The lowest BCUT2D eigenvalue weighted by Gasteiger charge is -2.09. The second kappa shape index (κ2) is 6.42. The Labute approximate surface area is 150 Å². The van der Waals surface area contributed by atoms with Gasteiger partial charge in [-0.05, 0) is 29.8 Å². The van der Waals surface area contributed by atoms with Gasteiger partial charge in [0.05, 0.1) is 10.9 Å². The Bertz CT molecular complexity index is 1060. The lowest BCUT2D eigenvalue weighted by Crippen LogP contribution is -2.04. The number of halogens is 3. The van der Waals surface area contributed by atoms with Crippen LogP contribution in [-0.4, -0.2) is 9.97 Å². The molecule has 0 aliphatic carbocycles. The monoisotopic (exact) mass is 372 g/mol. The number of hydrogen-bond acceptors (Lipinski definition) is 4. The molecular weight excluding hydrogens is 361 g/mol. The minimum atomic E-state index is -4.43. The van der Waals surface area contributed by atoms with E-state index in [9.17, 15) is 13.2 Å². The molecule has 0 N–H and O–H groups in total. The van der Waals surface area contributed by atoms with E-state index < -0.39 is 11.7 Å². The summed E-state index contributed by atoms with van der Waals surface area (Å²) in [6, 6.07) is 16.4. The number of hydrogen-bond donors (Lipinski definition) is 0. The molecular formula is C19H11F3N2OS. The predicted molar refractivity (Wildman–Crippen MR) is 94.4 cm³/mol. The standard InChI is InChI=1S/C19H11F3N2OS/c20-19(21,22)13-7-4-8-14(9-13)25-17-15-10-16(12-5-2-1-3-6-12)26-18(15)24-11-23-17/h1-11H. The molecule has 0 fully saturated rings. The summed E-state index contributed by atoms with van der Waals surface area (Å²) in [6.07, 6.45) is -3.08. The SMILES string of the molecule is FC(F)(F)c1cccc(Oc2ncnc3sc(-c4ccccc4)cc23)c1. The summed E-state index contributed by atoms with van der Waals surface area (Å²) in [7, 11) is 0. The van der Waals surface area contributed by atoms with Crippen molar-refractivity contribution < 1.29 is 17.9 Å². The van der Waals surface area contributed by atoms with Crippen molar-refractivity contribution in [2.45, 2.75) is 6.18 Å². The van der Waals surface area contributed by atoms with Gasteiger partial charge in [-0.25, -0.2) is 9.97 Å². The molecule has 0 saturated heterocycles. The van der Waals surface area contributed by atoms with E-state index in [1.807, 2.05) is 36.4 Å². The number of fused-ring (bicyclic) bond motifs is 1. The van der Waals surface area contributed by atoms with Crippen molar-refractivity contribution in [1.82, 2.24) is 9.97 Å². The maximum atomic E-state index is 12.9. The molecule has 4 aromatic rings. The molecule has 2 aromatic heterocycles. The zero-order chi connectivity index (χ0) is 18.1. The summed E-state index contributed by atoms with van der Waals surface area (Å²) in [4.78, 5) is 10.0. The van der Waals surface area contributed by atoms with E-state index in [1.54, 1.807) is 0 Å². The van der Waals surface area contributed by atoms with Crippen molar-refractivity contribution in [3.63, 3.8) is 0 Å². The Morgan fingerprint density at radius 3 is 2.46 bits per heavy atom. The topological polar surface area (TPSA) is 35.0 Å². The van der Waals surface area contributed by atoms with Gasteiger partial charge in [-0.1, -0.05) is 36.4 Å². The second-order valence-electron chi connectivity index (χ2n) is 5.50. The number of benzene rings is 2. The normalized spacial score (nSPS) is 11.7. The third-order valence-corrected chi connectivity index (χ3v) is 4.82. The first-order chi connectivity index (χ1) is 12.5. The number of rotatable bonds is 3. The van der Waals surface area contributed by atoms with Crippen molar-refractivity contribution in [2.75, 3.05) is 0 Å². The van der Waals surface area contributed by atoms with Gasteiger partial charge in [-0.3, -0.25) is 0 Å². The summed E-state index contributed by atoms with van der Waals surface area (Å²) in [5, 5.41) is 0.661. The van der Waals surface area contributed by atoms with Crippen LogP contribution in [0.15, 0.2) is 67.0 Å². The average molecular weight is 372 g/mol. The fraction of sp³-hybridized carbons (Fsp3) is 0.0526. The molecule has 0 spiro atoms. The van der Waals surface area contributed by atoms with Gasteiger partial charge < -0.3 is 4.74 Å². The van der Waals surface area contributed by atoms with E-state index in [0.717, 1.165) is 22.6 Å². The van der Waals surface area contributed by atoms with Gasteiger partial charge in [0.1, 0.15) is 16.9 Å². The molecule has 0 amide bonds. The van der Waals surface area contributed by atoms with E-state index in [1.165, 1.54) is 29.8 Å². The fourth-order valence-corrected chi connectivity index (χ4v) is 3.50. The van der Waals surface area contributed by atoms with Crippen LogP contribution in [0.5, 0.6) is 11.6 Å². The summed E-state index contributed by atoms with van der Waals surface area (Å²) in [5.74, 6) is 0.306. The molecule has 7 heteroatoms. The van der Waals surface area contributed by atoms with Gasteiger partial charge in [0.25, 0.3) is 0 Å². The highest BCUT2D eigenvalue weighted by molar-refractivity contribution is 7.21. The highest BCUT2D eigenvalue weighted by Crippen LogP contribution is 2.38. The summed E-state index contributed by atoms with van der Waals surface area (Å²) < 4.78 is 44.2. The van der Waals surface area contributed by atoms with Crippen LogP contribution < -0.4 is 4.74 Å². The molecule has 130 valence electrons. The summed E-state index contributed by atoms with van der Waals surface area (Å²) >= 11 is 1.47. The Kier molecular flexibility index (Phi) is 4.08. The largest absolute Gasteiger partial charge is 0.438 e. The summed E-state index contributed by atoms with van der Waals surface area (Å²) in [6.45, 7) is 0. The lowest BCUT2D eigenvalue weighted by atomic mass is 10.2. The van der Waals surface area contributed by atoms with Crippen LogP contribution in [0.1, 0.15) is 5.56 Å². The lowest BCUT2D eigenvalue weighted by molar-refractivity contribution is -0.137. The molecule has 0 unspecified atom stereocenters. The smallest absolute Gasteiger partial charge is 0.416 e. The van der Waals surface area contributed by atoms with Crippen LogP contribution in [0.2, 0.25) is 0 Å². The number of nitrogens with zero attached hydrogens (tertiary/aromatic N) is 2. The van der Waals surface area contributed by atoms with E-state index >= 15 is 0 Å². The van der Waals surface area contributed by atoms with Gasteiger partial charge in [0, 0.05) is 4.88 Å². The van der Waals surface area contributed by atoms with E-state index in [2.05, 4.69) is 9.97 Å². The molecule has 0 saturated carbocycles. The first-order valence-electron chi connectivity index (χ1n) is 7.66. The molecule has 4 rings (SSSR count). The predicted octanol–water partition coefficient (Wildman–Crippen LogP) is 6.17. The van der Waals surface area contributed by atoms with E-state index in [0.29, 0.717) is 10.2 Å². The number of aromatic nitrogens is 2. The fourth-order valence-electron chi connectivity index (χ4n) is 2.51. The molecule has 3 nitrogen and oxygen atoms in total. The zero-order valence-electron chi connectivity index (χ0n) is 13.2. The molecule has 0 atom stereocenters. The minimum absolute atomic E-state index is 0.0762. The van der Waals surface area contributed by atoms with Crippen molar-refractivity contribution >= 4 is 21.6 Å². The first-order valence-corrected chi connectivity index (χ1v) is 8.47. The second-order valence-corrected chi connectivity index (χ2v) is 6.53. The van der Waals surface area contributed by atoms with Crippen LogP contribution in [0, 0.1) is 0 Å². The van der Waals surface area contributed by atoms with Gasteiger partial charge in [0.2, 0.25) is 5.88 Å². The maximum absolute atomic E-state index is 12.9. The third kappa shape index (κ3) is 3.25. The Morgan fingerprint density at radius 1 is 0.885 bits per heavy atom. The maximum Gasteiger partial charge on any atom is 0.416 e. The highest BCUT2D eigenvalue weighted by Gasteiger charge is 2.30. The zero-order valence-corrected chi connectivity index (χ0v) is 14.0. The molecule has 2 heterocycles. The van der Waals surface area contributed by atoms with Crippen LogP contribution in [-0.2, 0) is 6.18 Å². The van der Waals surface area contributed by atoms with Crippen LogP contribution in [0.25, 0.3) is 20.7 Å². The molecule has 0 bridgehead atoms. The van der Waals surface area contributed by atoms with Gasteiger partial charge in [-0.15, -0.1) is 11.3 Å². The quantitative estimate of drug-likeness (QED) is 0.431. The van der Waals surface area contributed by atoms with E-state index in [4.69, 9.17) is 4.74 Å². The van der Waals surface area contributed by atoms with Crippen LogP contribution >= 0.6 is 11.3 Å². The Balaban J connectivity index is 1.73. The minimum Gasteiger partial charge on any atom is -0.438 e. The van der Waals surface area contributed by atoms with E-state index in [-0.39, 0.29) is 11.6 Å². The average Bonchev–Trinajstić information content (AvgIpc) is 3.07. The van der Waals surface area contributed by atoms with Gasteiger partial charge >= 0.3 is 6.18 Å². The van der Waals surface area contributed by atoms with Gasteiger partial charge in [-0.2, -0.15) is 13.2 Å². The molecule has 0 aliphatic rings. The Hall–Kier alpha value is -2.93. The molecule has 26 heavy (non-hydrogen) atoms. The molecule has 0 radical (unpaired) electrons.